The number of fused-ring (bicyclic) bond motifs is 1. The van der Waals surface area contributed by atoms with Gasteiger partial charge in [0.05, 0.1) is 0 Å². The fourth-order valence-corrected chi connectivity index (χ4v) is 1.65. The van der Waals surface area contributed by atoms with E-state index in [2.05, 4.69) is 20.6 Å². The first kappa shape index (κ1) is 11.2. The summed E-state index contributed by atoms with van der Waals surface area (Å²) in [5.41, 5.74) is 0.0291. The molecule has 0 bridgehead atoms. The van der Waals surface area contributed by atoms with Gasteiger partial charge in [0.1, 0.15) is 5.82 Å². The van der Waals surface area contributed by atoms with Crippen LogP contribution >= 0.6 is 0 Å². The van der Waals surface area contributed by atoms with Crippen molar-refractivity contribution in [3.05, 3.63) is 18.0 Å². The van der Waals surface area contributed by atoms with Gasteiger partial charge >= 0.3 is 6.18 Å². The largest absolute Gasteiger partial charge is 0.453 e. The zero-order valence-corrected chi connectivity index (χ0v) is 9.49. The molecule has 96 valence electrons. The van der Waals surface area contributed by atoms with E-state index >= 15 is 0 Å². The fraction of sp³-hybridized carbons (Fsp3) is 0.500. The molecule has 1 N–H and O–H groups in total. The molecule has 1 fully saturated rings. The number of nitrogens with one attached hydrogen (secondary N) is 1. The Morgan fingerprint density at radius 2 is 2.00 bits per heavy atom. The summed E-state index contributed by atoms with van der Waals surface area (Å²) in [6, 6.07) is 3.07. The maximum absolute atomic E-state index is 12.6. The normalized spacial score (nSPS) is 18.0. The second-order valence-electron chi connectivity index (χ2n) is 4.70. The number of anilines is 1. The van der Waals surface area contributed by atoms with Gasteiger partial charge in [0, 0.05) is 5.54 Å². The number of rotatable bonds is 2. The molecule has 3 rings (SSSR count). The van der Waals surface area contributed by atoms with Crippen molar-refractivity contribution >= 4 is 11.5 Å². The lowest BCUT2D eigenvalue weighted by Gasteiger charge is -2.12. The summed E-state index contributed by atoms with van der Waals surface area (Å²) in [5.74, 6) is -0.713. The fourth-order valence-electron chi connectivity index (χ4n) is 1.65. The Hall–Kier alpha value is -1.86. The Kier molecular flexibility index (Phi) is 2.08. The zero-order chi connectivity index (χ0) is 13.0. The number of aromatic nitrogens is 4. The van der Waals surface area contributed by atoms with Gasteiger partial charge in [0.2, 0.25) is 0 Å². The topological polar surface area (TPSA) is 55.1 Å². The molecule has 0 aromatic carbocycles. The Balaban J connectivity index is 2.04. The summed E-state index contributed by atoms with van der Waals surface area (Å²) in [4.78, 5) is 0. The highest BCUT2D eigenvalue weighted by atomic mass is 19.4. The van der Waals surface area contributed by atoms with E-state index in [4.69, 9.17) is 0 Å². The third-order valence-corrected chi connectivity index (χ3v) is 2.95. The lowest BCUT2D eigenvalue weighted by atomic mass is 10.3. The van der Waals surface area contributed by atoms with Gasteiger partial charge in [-0.1, -0.05) is 0 Å². The van der Waals surface area contributed by atoms with Crippen molar-refractivity contribution in [3.63, 3.8) is 0 Å². The van der Waals surface area contributed by atoms with E-state index in [0.717, 1.165) is 12.8 Å². The third-order valence-electron chi connectivity index (χ3n) is 2.95. The summed E-state index contributed by atoms with van der Waals surface area (Å²) in [7, 11) is 0. The summed E-state index contributed by atoms with van der Waals surface area (Å²) >= 11 is 0. The first-order valence-corrected chi connectivity index (χ1v) is 5.45. The Bertz CT molecular complexity index is 599. The van der Waals surface area contributed by atoms with Gasteiger partial charge in [-0.15, -0.1) is 15.3 Å². The van der Waals surface area contributed by atoms with E-state index < -0.39 is 12.0 Å². The standard InChI is InChI=1S/C10H10F3N5/c1-9(4-5-9)14-6-2-3-7-15-16-8(10(11,12)13)18(7)17-6/h2-3H,4-5H2,1H3,(H,14,17). The van der Waals surface area contributed by atoms with Crippen molar-refractivity contribution in [1.29, 1.82) is 0 Å². The zero-order valence-electron chi connectivity index (χ0n) is 9.49. The van der Waals surface area contributed by atoms with Gasteiger partial charge in [-0.2, -0.15) is 17.7 Å². The first-order valence-electron chi connectivity index (χ1n) is 5.45. The first-order chi connectivity index (χ1) is 8.37. The molecule has 0 atom stereocenters. The van der Waals surface area contributed by atoms with E-state index in [-0.39, 0.29) is 11.2 Å². The van der Waals surface area contributed by atoms with Crippen molar-refractivity contribution in [2.24, 2.45) is 0 Å². The molecule has 8 heteroatoms. The molecule has 0 aliphatic heterocycles. The molecular formula is C10H10F3N5. The highest BCUT2D eigenvalue weighted by Crippen LogP contribution is 2.37. The van der Waals surface area contributed by atoms with Crippen molar-refractivity contribution in [2.75, 3.05) is 5.32 Å². The maximum Gasteiger partial charge on any atom is 0.453 e. The lowest BCUT2D eigenvalue weighted by molar-refractivity contribution is -0.146. The molecule has 0 spiro atoms. The molecule has 5 nitrogen and oxygen atoms in total. The van der Waals surface area contributed by atoms with Crippen LogP contribution in [-0.4, -0.2) is 25.4 Å². The highest BCUT2D eigenvalue weighted by Gasteiger charge is 2.39. The van der Waals surface area contributed by atoms with Crippen LogP contribution < -0.4 is 5.32 Å². The van der Waals surface area contributed by atoms with Crippen LogP contribution in [-0.2, 0) is 6.18 Å². The minimum absolute atomic E-state index is 0.0485. The van der Waals surface area contributed by atoms with Gasteiger partial charge in [-0.05, 0) is 31.9 Å². The van der Waals surface area contributed by atoms with Crippen LogP contribution in [0.5, 0.6) is 0 Å². The molecule has 2 aromatic heterocycles. The molecule has 0 unspecified atom stereocenters. The molecule has 2 aromatic rings. The molecular weight excluding hydrogens is 247 g/mol. The predicted molar refractivity (Wildman–Crippen MR) is 57.0 cm³/mol. The molecule has 1 aliphatic carbocycles. The monoisotopic (exact) mass is 257 g/mol. The second kappa shape index (κ2) is 3.33. The van der Waals surface area contributed by atoms with Gasteiger partial charge in [0.15, 0.2) is 5.65 Å². The van der Waals surface area contributed by atoms with Crippen LogP contribution in [0.2, 0.25) is 0 Å². The smallest absolute Gasteiger partial charge is 0.363 e. The van der Waals surface area contributed by atoms with Crippen LogP contribution in [0, 0.1) is 0 Å². The summed E-state index contributed by atoms with van der Waals surface area (Å²) in [6.07, 6.45) is -2.59. The minimum Gasteiger partial charge on any atom is -0.363 e. The van der Waals surface area contributed by atoms with Crippen molar-refractivity contribution in [1.82, 2.24) is 19.8 Å². The number of nitrogens with zero attached hydrogens (tertiary/aromatic N) is 4. The molecule has 1 saturated carbocycles. The Labute approximate surface area is 100 Å². The van der Waals surface area contributed by atoms with E-state index in [0.29, 0.717) is 10.3 Å². The average molecular weight is 257 g/mol. The van der Waals surface area contributed by atoms with E-state index in [1.165, 1.54) is 6.07 Å². The van der Waals surface area contributed by atoms with Crippen LogP contribution in [0.15, 0.2) is 12.1 Å². The Morgan fingerprint density at radius 1 is 1.28 bits per heavy atom. The molecule has 0 saturated heterocycles. The van der Waals surface area contributed by atoms with Crippen LogP contribution in [0.3, 0.4) is 0 Å². The average Bonchev–Trinajstić information content (AvgIpc) is 2.84. The van der Waals surface area contributed by atoms with Crippen LogP contribution in [0.1, 0.15) is 25.6 Å². The number of hydrogen-bond acceptors (Lipinski definition) is 4. The summed E-state index contributed by atoms with van der Waals surface area (Å²) < 4.78 is 38.7. The molecule has 18 heavy (non-hydrogen) atoms. The van der Waals surface area contributed by atoms with Gasteiger partial charge in [-0.3, -0.25) is 0 Å². The van der Waals surface area contributed by atoms with Crippen LogP contribution in [0.4, 0.5) is 19.0 Å². The highest BCUT2D eigenvalue weighted by molar-refractivity contribution is 5.46. The molecule has 2 heterocycles. The maximum atomic E-state index is 12.6. The van der Waals surface area contributed by atoms with Crippen molar-refractivity contribution < 1.29 is 13.2 Å². The van der Waals surface area contributed by atoms with Crippen molar-refractivity contribution in [3.8, 4) is 0 Å². The van der Waals surface area contributed by atoms with Gasteiger partial charge in [-0.25, -0.2) is 0 Å². The summed E-state index contributed by atoms with van der Waals surface area (Å²) in [6.45, 7) is 2.00. The van der Waals surface area contributed by atoms with Crippen molar-refractivity contribution in [2.45, 2.75) is 31.5 Å². The van der Waals surface area contributed by atoms with Crippen LogP contribution in [0.25, 0.3) is 5.65 Å². The van der Waals surface area contributed by atoms with E-state index in [9.17, 15) is 13.2 Å². The molecule has 0 radical (unpaired) electrons. The number of hydrogen-bond donors (Lipinski definition) is 1. The van der Waals surface area contributed by atoms with Gasteiger partial charge < -0.3 is 5.32 Å². The minimum atomic E-state index is -4.56. The second-order valence-corrected chi connectivity index (χ2v) is 4.70. The number of halogens is 3. The van der Waals surface area contributed by atoms with E-state index in [1.54, 1.807) is 6.07 Å². The predicted octanol–water partition coefficient (Wildman–Crippen LogP) is 2.11. The summed E-state index contributed by atoms with van der Waals surface area (Å²) in [5, 5.41) is 13.5. The SMILES string of the molecule is CC1(Nc2ccc3nnc(C(F)(F)F)n3n2)CC1. The quantitative estimate of drug-likeness (QED) is 0.895. The van der Waals surface area contributed by atoms with Gasteiger partial charge in [0.25, 0.3) is 5.82 Å². The molecule has 1 aliphatic rings. The molecule has 0 amide bonds. The number of alkyl halides is 3. The lowest BCUT2D eigenvalue weighted by Crippen LogP contribution is -2.19. The van der Waals surface area contributed by atoms with E-state index in [1.807, 2.05) is 6.92 Å². The third kappa shape index (κ3) is 1.87. The Morgan fingerprint density at radius 3 is 2.61 bits per heavy atom.